The lowest BCUT2D eigenvalue weighted by Crippen LogP contribution is -2.07. The van der Waals surface area contributed by atoms with E-state index in [0.717, 1.165) is 23.7 Å². The van der Waals surface area contributed by atoms with Crippen LogP contribution in [0.25, 0.3) is 0 Å². The normalized spacial score (nSPS) is 10.5. The zero-order valence-corrected chi connectivity index (χ0v) is 12.9. The lowest BCUT2D eigenvalue weighted by atomic mass is 10.1. The number of halogens is 1. The smallest absolute Gasteiger partial charge is 0.132 e. The lowest BCUT2D eigenvalue weighted by molar-refractivity contribution is 0.608. The molecule has 0 fully saturated rings. The molecule has 1 aromatic carbocycles. The topological polar surface area (TPSA) is 49.8 Å². The molecule has 21 heavy (non-hydrogen) atoms. The van der Waals surface area contributed by atoms with Gasteiger partial charge in [0.2, 0.25) is 0 Å². The Morgan fingerprint density at radius 2 is 1.52 bits per heavy atom. The summed E-state index contributed by atoms with van der Waals surface area (Å²) in [5.41, 5.74) is 2.37. The van der Waals surface area contributed by atoms with Gasteiger partial charge in [0.15, 0.2) is 0 Å². The second kappa shape index (κ2) is 6.52. The van der Waals surface area contributed by atoms with Crippen LogP contribution in [0.4, 0.5) is 16.0 Å². The minimum atomic E-state index is -0.133. The van der Waals surface area contributed by atoms with Crippen molar-refractivity contribution in [2.24, 2.45) is 0 Å². The minimum Gasteiger partial charge on any atom is -0.370 e. The number of hydrogen-bond donors (Lipinski definition) is 2. The van der Waals surface area contributed by atoms with E-state index in [-0.39, 0.29) is 5.82 Å². The van der Waals surface area contributed by atoms with Crippen LogP contribution in [0.1, 0.15) is 29.4 Å². The van der Waals surface area contributed by atoms with Gasteiger partial charge in [0.1, 0.15) is 23.3 Å². The number of rotatable bonds is 5. The molecule has 0 bridgehead atoms. The van der Waals surface area contributed by atoms with Crippen LogP contribution in [0, 0.1) is 26.6 Å². The third-order valence-corrected chi connectivity index (χ3v) is 3.17. The highest BCUT2D eigenvalue weighted by Gasteiger charge is 2.05. The fourth-order valence-electron chi connectivity index (χ4n) is 2.26. The molecule has 5 heteroatoms. The van der Waals surface area contributed by atoms with Gasteiger partial charge in [-0.3, -0.25) is 0 Å². The molecule has 0 aliphatic carbocycles. The second-order valence-electron chi connectivity index (χ2n) is 5.11. The Kier molecular flexibility index (Phi) is 4.73. The van der Waals surface area contributed by atoms with Crippen molar-refractivity contribution >= 4 is 11.6 Å². The minimum absolute atomic E-state index is 0.133. The molecule has 0 aliphatic rings. The predicted molar refractivity (Wildman–Crippen MR) is 84.1 cm³/mol. The first kappa shape index (κ1) is 15.2. The highest BCUT2D eigenvalue weighted by atomic mass is 19.1. The third-order valence-electron chi connectivity index (χ3n) is 3.17. The highest BCUT2D eigenvalue weighted by Crippen LogP contribution is 2.17. The number of aromatic nitrogens is 2. The van der Waals surface area contributed by atoms with E-state index < -0.39 is 0 Å². The Balaban J connectivity index is 2.12. The van der Waals surface area contributed by atoms with Crippen LogP contribution in [0.5, 0.6) is 0 Å². The maximum atomic E-state index is 13.6. The van der Waals surface area contributed by atoms with Gasteiger partial charge < -0.3 is 10.6 Å². The van der Waals surface area contributed by atoms with Gasteiger partial charge in [-0.05, 0) is 44.4 Å². The molecule has 2 rings (SSSR count). The molecule has 0 aliphatic heterocycles. The van der Waals surface area contributed by atoms with E-state index in [4.69, 9.17) is 0 Å². The maximum Gasteiger partial charge on any atom is 0.132 e. The SMILES string of the molecule is CCNc1cc(NCc2cc(C)c(F)c(C)c2)nc(C)n1. The standard InChI is InChI=1S/C16H21FN4/c1-5-18-14-8-15(21-12(4)20-14)19-9-13-6-10(2)16(17)11(3)7-13/h6-8H,5,9H2,1-4H3,(H2,18,19,20,21). The molecule has 2 N–H and O–H groups in total. The first-order valence-corrected chi connectivity index (χ1v) is 7.08. The first-order chi connectivity index (χ1) is 9.99. The summed E-state index contributed by atoms with van der Waals surface area (Å²) in [5.74, 6) is 2.14. The zero-order valence-electron chi connectivity index (χ0n) is 12.9. The monoisotopic (exact) mass is 288 g/mol. The first-order valence-electron chi connectivity index (χ1n) is 7.08. The molecule has 112 valence electrons. The Hall–Kier alpha value is -2.17. The van der Waals surface area contributed by atoms with Crippen molar-refractivity contribution < 1.29 is 4.39 Å². The Morgan fingerprint density at radius 3 is 2.10 bits per heavy atom. The van der Waals surface area contributed by atoms with Crippen molar-refractivity contribution in [3.8, 4) is 0 Å². The molecular formula is C16H21FN4. The van der Waals surface area contributed by atoms with Crippen LogP contribution in [-0.4, -0.2) is 16.5 Å². The summed E-state index contributed by atoms with van der Waals surface area (Å²) >= 11 is 0. The van der Waals surface area contributed by atoms with E-state index in [1.807, 2.05) is 32.0 Å². The Morgan fingerprint density at radius 1 is 0.952 bits per heavy atom. The summed E-state index contributed by atoms with van der Waals surface area (Å²) in [6, 6.07) is 5.59. The number of aryl methyl sites for hydroxylation is 3. The van der Waals surface area contributed by atoms with E-state index in [2.05, 4.69) is 20.6 Å². The largest absolute Gasteiger partial charge is 0.370 e. The summed E-state index contributed by atoms with van der Waals surface area (Å²) < 4.78 is 13.6. The molecule has 0 saturated heterocycles. The molecule has 0 saturated carbocycles. The van der Waals surface area contributed by atoms with Crippen molar-refractivity contribution in [1.29, 1.82) is 0 Å². The zero-order chi connectivity index (χ0) is 15.4. The van der Waals surface area contributed by atoms with E-state index in [9.17, 15) is 4.39 Å². The third kappa shape index (κ3) is 3.90. The van der Waals surface area contributed by atoms with Crippen LogP contribution < -0.4 is 10.6 Å². The second-order valence-corrected chi connectivity index (χ2v) is 5.11. The Bertz CT molecular complexity index is 617. The number of nitrogens with one attached hydrogen (secondary N) is 2. The van der Waals surface area contributed by atoms with E-state index >= 15 is 0 Å². The van der Waals surface area contributed by atoms with Gasteiger partial charge in [-0.2, -0.15) is 0 Å². The van der Waals surface area contributed by atoms with Gasteiger partial charge in [0.05, 0.1) is 0 Å². The van der Waals surface area contributed by atoms with Crippen molar-refractivity contribution in [2.75, 3.05) is 17.2 Å². The number of nitrogens with zero attached hydrogens (tertiary/aromatic N) is 2. The molecule has 0 atom stereocenters. The molecule has 0 amide bonds. The predicted octanol–water partition coefficient (Wildman–Crippen LogP) is 3.58. The molecule has 0 unspecified atom stereocenters. The van der Waals surface area contributed by atoms with Crippen molar-refractivity contribution in [3.63, 3.8) is 0 Å². The Labute approximate surface area is 124 Å². The van der Waals surface area contributed by atoms with Gasteiger partial charge in [-0.1, -0.05) is 12.1 Å². The molecule has 4 nitrogen and oxygen atoms in total. The highest BCUT2D eigenvalue weighted by molar-refractivity contribution is 5.48. The number of benzene rings is 1. The van der Waals surface area contributed by atoms with Crippen LogP contribution in [0.15, 0.2) is 18.2 Å². The number of anilines is 2. The summed E-state index contributed by atoms with van der Waals surface area (Å²) in [5, 5.41) is 6.43. The molecule has 0 radical (unpaired) electrons. The van der Waals surface area contributed by atoms with Crippen LogP contribution in [0.2, 0.25) is 0 Å². The summed E-state index contributed by atoms with van der Waals surface area (Å²) in [6.45, 7) is 8.86. The average molecular weight is 288 g/mol. The van der Waals surface area contributed by atoms with Crippen molar-refractivity contribution in [1.82, 2.24) is 9.97 Å². The van der Waals surface area contributed by atoms with Gasteiger partial charge in [0, 0.05) is 19.2 Å². The van der Waals surface area contributed by atoms with E-state index in [0.29, 0.717) is 23.5 Å². The van der Waals surface area contributed by atoms with Gasteiger partial charge in [0.25, 0.3) is 0 Å². The average Bonchev–Trinajstić information content (AvgIpc) is 2.42. The van der Waals surface area contributed by atoms with E-state index in [1.165, 1.54) is 0 Å². The fraction of sp³-hybridized carbons (Fsp3) is 0.375. The molecule has 1 heterocycles. The molecule has 1 aromatic heterocycles. The number of hydrogen-bond acceptors (Lipinski definition) is 4. The lowest BCUT2D eigenvalue weighted by Gasteiger charge is -2.11. The van der Waals surface area contributed by atoms with Crippen LogP contribution >= 0.6 is 0 Å². The maximum absolute atomic E-state index is 13.6. The summed E-state index contributed by atoms with van der Waals surface area (Å²) in [4.78, 5) is 8.66. The van der Waals surface area contributed by atoms with E-state index in [1.54, 1.807) is 13.8 Å². The van der Waals surface area contributed by atoms with Gasteiger partial charge in [-0.15, -0.1) is 0 Å². The van der Waals surface area contributed by atoms with Crippen molar-refractivity contribution in [2.45, 2.75) is 34.2 Å². The summed E-state index contributed by atoms with van der Waals surface area (Å²) in [6.07, 6.45) is 0. The molecule has 2 aromatic rings. The quantitative estimate of drug-likeness (QED) is 0.883. The van der Waals surface area contributed by atoms with Crippen molar-refractivity contribution in [3.05, 3.63) is 46.5 Å². The van der Waals surface area contributed by atoms with Gasteiger partial charge >= 0.3 is 0 Å². The van der Waals surface area contributed by atoms with Crippen LogP contribution in [-0.2, 0) is 6.54 Å². The van der Waals surface area contributed by atoms with Gasteiger partial charge in [-0.25, -0.2) is 14.4 Å². The molecular weight excluding hydrogens is 267 g/mol. The fourth-order valence-corrected chi connectivity index (χ4v) is 2.26. The summed E-state index contributed by atoms with van der Waals surface area (Å²) in [7, 11) is 0. The van der Waals surface area contributed by atoms with Crippen LogP contribution in [0.3, 0.4) is 0 Å². The molecule has 0 spiro atoms.